The fourth-order valence-electron chi connectivity index (χ4n) is 2.22. The zero-order valence-corrected chi connectivity index (χ0v) is 11.3. The number of nitrogens with zero attached hydrogens (tertiary/aromatic N) is 1. The number of rotatable bonds is 5. The second kappa shape index (κ2) is 6.03. The Morgan fingerprint density at radius 1 is 1.35 bits per heavy atom. The molecule has 17 heavy (non-hydrogen) atoms. The summed E-state index contributed by atoms with van der Waals surface area (Å²) in [5, 5.41) is 9.93. The minimum Gasteiger partial charge on any atom is -0.508 e. The van der Waals surface area contributed by atoms with Crippen LogP contribution in [-0.2, 0) is 6.54 Å². The molecular weight excluding hydrogens is 212 g/mol. The molecule has 1 atom stereocenters. The first-order chi connectivity index (χ1) is 7.97. The zero-order valence-electron chi connectivity index (χ0n) is 11.3. The van der Waals surface area contributed by atoms with Gasteiger partial charge in [0.25, 0.3) is 0 Å². The van der Waals surface area contributed by atoms with Crippen LogP contribution < -0.4 is 5.73 Å². The van der Waals surface area contributed by atoms with E-state index in [0.717, 1.165) is 18.5 Å². The second-order valence-corrected chi connectivity index (χ2v) is 4.99. The van der Waals surface area contributed by atoms with E-state index in [2.05, 4.69) is 18.7 Å². The average molecular weight is 236 g/mol. The Hall–Kier alpha value is -1.06. The highest BCUT2D eigenvalue weighted by Crippen LogP contribution is 2.30. The van der Waals surface area contributed by atoms with Crippen molar-refractivity contribution in [1.29, 1.82) is 0 Å². The SMILES string of the molecule is Cc1c(C(C)CCN)ccc(O)c1CN(C)C. The van der Waals surface area contributed by atoms with Gasteiger partial charge in [-0.3, -0.25) is 0 Å². The van der Waals surface area contributed by atoms with Crippen LogP contribution >= 0.6 is 0 Å². The van der Waals surface area contributed by atoms with Gasteiger partial charge in [0.1, 0.15) is 5.75 Å². The van der Waals surface area contributed by atoms with Crippen molar-refractivity contribution in [1.82, 2.24) is 4.90 Å². The van der Waals surface area contributed by atoms with Gasteiger partial charge in [-0.1, -0.05) is 13.0 Å². The lowest BCUT2D eigenvalue weighted by Gasteiger charge is -2.20. The summed E-state index contributed by atoms with van der Waals surface area (Å²) in [5.74, 6) is 0.835. The van der Waals surface area contributed by atoms with Gasteiger partial charge in [-0.2, -0.15) is 0 Å². The van der Waals surface area contributed by atoms with Gasteiger partial charge in [-0.05, 0) is 57.1 Å². The zero-order chi connectivity index (χ0) is 13.0. The predicted molar refractivity (Wildman–Crippen MR) is 72.3 cm³/mol. The van der Waals surface area contributed by atoms with Crippen LogP contribution in [0.5, 0.6) is 5.75 Å². The molecular formula is C14H24N2O. The quantitative estimate of drug-likeness (QED) is 0.824. The van der Waals surface area contributed by atoms with Crippen LogP contribution in [-0.4, -0.2) is 30.6 Å². The van der Waals surface area contributed by atoms with E-state index >= 15 is 0 Å². The molecule has 1 unspecified atom stereocenters. The molecule has 1 rings (SSSR count). The molecule has 0 heterocycles. The number of hydrogen-bond donors (Lipinski definition) is 2. The Balaban J connectivity index is 3.09. The maximum absolute atomic E-state index is 9.93. The first-order valence-corrected chi connectivity index (χ1v) is 6.13. The molecule has 0 bridgehead atoms. The molecule has 1 aromatic rings. The third kappa shape index (κ3) is 3.45. The third-order valence-corrected chi connectivity index (χ3v) is 3.22. The number of hydrogen-bond acceptors (Lipinski definition) is 3. The van der Waals surface area contributed by atoms with E-state index in [-0.39, 0.29) is 0 Å². The van der Waals surface area contributed by atoms with Gasteiger partial charge < -0.3 is 15.7 Å². The average Bonchev–Trinajstić information content (AvgIpc) is 2.24. The van der Waals surface area contributed by atoms with E-state index < -0.39 is 0 Å². The molecule has 3 N–H and O–H groups in total. The maximum Gasteiger partial charge on any atom is 0.120 e. The highest BCUT2D eigenvalue weighted by Gasteiger charge is 2.14. The fraction of sp³-hybridized carbons (Fsp3) is 0.571. The van der Waals surface area contributed by atoms with Gasteiger partial charge in [0.05, 0.1) is 0 Å². The molecule has 0 aliphatic heterocycles. The van der Waals surface area contributed by atoms with Gasteiger partial charge in [0.2, 0.25) is 0 Å². The summed E-state index contributed by atoms with van der Waals surface area (Å²) in [6, 6.07) is 3.82. The van der Waals surface area contributed by atoms with Gasteiger partial charge in [-0.25, -0.2) is 0 Å². The maximum atomic E-state index is 9.93. The molecule has 0 fully saturated rings. The minimum atomic E-state index is 0.389. The van der Waals surface area contributed by atoms with Crippen molar-refractivity contribution >= 4 is 0 Å². The molecule has 0 radical (unpaired) electrons. The summed E-state index contributed by atoms with van der Waals surface area (Å²) in [7, 11) is 4.02. The van der Waals surface area contributed by atoms with E-state index in [4.69, 9.17) is 5.73 Å². The monoisotopic (exact) mass is 236 g/mol. The summed E-state index contributed by atoms with van der Waals surface area (Å²) >= 11 is 0. The molecule has 0 saturated heterocycles. The third-order valence-electron chi connectivity index (χ3n) is 3.22. The molecule has 96 valence electrons. The van der Waals surface area contributed by atoms with E-state index in [0.29, 0.717) is 18.2 Å². The molecule has 0 aromatic heterocycles. The van der Waals surface area contributed by atoms with Crippen LogP contribution in [0.4, 0.5) is 0 Å². The van der Waals surface area contributed by atoms with Gasteiger partial charge >= 0.3 is 0 Å². The highest BCUT2D eigenvalue weighted by atomic mass is 16.3. The normalized spacial score (nSPS) is 13.1. The van der Waals surface area contributed by atoms with Crippen LogP contribution in [0.3, 0.4) is 0 Å². The van der Waals surface area contributed by atoms with Gasteiger partial charge in [0.15, 0.2) is 0 Å². The lowest BCUT2D eigenvalue weighted by Crippen LogP contribution is -2.13. The Morgan fingerprint density at radius 3 is 2.53 bits per heavy atom. The van der Waals surface area contributed by atoms with Crippen LogP contribution in [0.25, 0.3) is 0 Å². The van der Waals surface area contributed by atoms with Crippen molar-refractivity contribution in [3.05, 3.63) is 28.8 Å². The standard InChI is InChI=1S/C14H24N2O/c1-10(7-8-15)12-5-6-14(17)13(11(12)2)9-16(3)4/h5-6,10,17H,7-9,15H2,1-4H3. The van der Waals surface area contributed by atoms with Crippen molar-refractivity contribution < 1.29 is 5.11 Å². The molecule has 0 saturated carbocycles. The fourth-order valence-corrected chi connectivity index (χ4v) is 2.22. The lowest BCUT2D eigenvalue weighted by molar-refractivity contribution is 0.384. The summed E-state index contributed by atoms with van der Waals surface area (Å²) in [6.07, 6.45) is 0.979. The van der Waals surface area contributed by atoms with E-state index in [1.54, 1.807) is 6.07 Å². The van der Waals surface area contributed by atoms with Crippen molar-refractivity contribution in [2.24, 2.45) is 5.73 Å². The molecule has 1 aromatic carbocycles. The van der Waals surface area contributed by atoms with Crippen molar-refractivity contribution in [2.75, 3.05) is 20.6 Å². The Bertz CT molecular complexity index is 375. The predicted octanol–water partition coefficient (Wildman–Crippen LogP) is 2.21. The number of phenolic OH excluding ortho intramolecular Hbond substituents is 1. The Morgan fingerprint density at radius 2 is 2.00 bits per heavy atom. The Labute approximate surface area is 104 Å². The van der Waals surface area contributed by atoms with Crippen LogP contribution in [0, 0.1) is 6.92 Å². The lowest BCUT2D eigenvalue weighted by atomic mass is 9.90. The van der Waals surface area contributed by atoms with E-state index in [1.807, 2.05) is 20.2 Å². The first kappa shape index (κ1) is 14.0. The summed E-state index contributed by atoms with van der Waals surface area (Å²) in [4.78, 5) is 2.07. The summed E-state index contributed by atoms with van der Waals surface area (Å²) in [5.41, 5.74) is 9.12. The molecule has 0 amide bonds. The number of nitrogens with two attached hydrogens (primary N) is 1. The number of benzene rings is 1. The van der Waals surface area contributed by atoms with Crippen LogP contribution in [0.15, 0.2) is 12.1 Å². The molecule has 0 spiro atoms. The van der Waals surface area contributed by atoms with Crippen molar-refractivity contribution in [3.63, 3.8) is 0 Å². The van der Waals surface area contributed by atoms with Crippen LogP contribution in [0.2, 0.25) is 0 Å². The van der Waals surface area contributed by atoms with Gasteiger partial charge in [-0.15, -0.1) is 0 Å². The molecule has 3 nitrogen and oxygen atoms in total. The molecule has 0 aliphatic carbocycles. The second-order valence-electron chi connectivity index (χ2n) is 4.99. The minimum absolute atomic E-state index is 0.389. The molecule has 3 heteroatoms. The van der Waals surface area contributed by atoms with Crippen molar-refractivity contribution in [2.45, 2.75) is 32.7 Å². The topological polar surface area (TPSA) is 49.5 Å². The smallest absolute Gasteiger partial charge is 0.120 e. The first-order valence-electron chi connectivity index (χ1n) is 6.13. The Kier molecular flexibility index (Phi) is 4.97. The number of phenols is 1. The summed E-state index contributed by atoms with van der Waals surface area (Å²) < 4.78 is 0. The largest absolute Gasteiger partial charge is 0.508 e. The highest BCUT2D eigenvalue weighted by molar-refractivity contribution is 5.45. The molecule has 0 aliphatic rings. The van der Waals surface area contributed by atoms with E-state index in [9.17, 15) is 5.11 Å². The number of aromatic hydroxyl groups is 1. The van der Waals surface area contributed by atoms with Crippen LogP contribution in [0.1, 0.15) is 36.0 Å². The summed E-state index contributed by atoms with van der Waals surface area (Å²) in [6.45, 7) is 5.73. The van der Waals surface area contributed by atoms with Gasteiger partial charge in [0, 0.05) is 12.1 Å². The van der Waals surface area contributed by atoms with Crippen molar-refractivity contribution in [3.8, 4) is 5.75 Å². The van der Waals surface area contributed by atoms with E-state index in [1.165, 1.54) is 11.1 Å².